The molecular formula is C19H21N3O2. The Morgan fingerprint density at radius 3 is 2.88 bits per heavy atom. The zero-order chi connectivity index (χ0) is 16.4. The molecule has 0 aliphatic carbocycles. The molecule has 5 heteroatoms. The van der Waals surface area contributed by atoms with E-state index in [4.69, 9.17) is 9.47 Å². The number of ether oxygens (including phenoxy) is 2. The van der Waals surface area contributed by atoms with E-state index >= 15 is 0 Å². The maximum absolute atomic E-state index is 6.08. The van der Waals surface area contributed by atoms with Crippen LogP contribution in [0.1, 0.15) is 12.6 Å². The summed E-state index contributed by atoms with van der Waals surface area (Å²) >= 11 is 0. The second-order valence-electron chi connectivity index (χ2n) is 6.00. The van der Waals surface area contributed by atoms with Crippen LogP contribution in [0.2, 0.25) is 0 Å². The molecule has 0 N–H and O–H groups in total. The number of benzene rings is 1. The maximum Gasteiger partial charge on any atom is 0.161 e. The van der Waals surface area contributed by atoms with Gasteiger partial charge in [-0.05, 0) is 30.8 Å². The van der Waals surface area contributed by atoms with Gasteiger partial charge in [0.1, 0.15) is 18.4 Å². The molecule has 3 aromatic rings. The Bertz CT molecular complexity index is 830. The SMILES string of the molecule is CCN(Cc1cnc2ccccn12)CC1COc2ccccc2O1. The lowest BCUT2D eigenvalue weighted by atomic mass is 10.2. The molecule has 5 nitrogen and oxygen atoms in total. The third-order valence-corrected chi connectivity index (χ3v) is 4.36. The first kappa shape index (κ1) is 15.0. The fraction of sp³-hybridized carbons (Fsp3) is 0.316. The van der Waals surface area contributed by atoms with E-state index in [9.17, 15) is 0 Å². The zero-order valence-corrected chi connectivity index (χ0v) is 13.8. The van der Waals surface area contributed by atoms with Crippen LogP contribution in [0.25, 0.3) is 5.65 Å². The first-order chi connectivity index (χ1) is 11.8. The molecule has 24 heavy (non-hydrogen) atoms. The third-order valence-electron chi connectivity index (χ3n) is 4.36. The van der Waals surface area contributed by atoms with E-state index in [0.29, 0.717) is 6.61 Å². The number of likely N-dealkylation sites (N-methyl/N-ethyl adjacent to an activating group) is 1. The van der Waals surface area contributed by atoms with E-state index in [0.717, 1.165) is 36.8 Å². The summed E-state index contributed by atoms with van der Waals surface area (Å²) in [6, 6.07) is 13.9. The largest absolute Gasteiger partial charge is 0.486 e. The number of pyridine rings is 1. The summed E-state index contributed by atoms with van der Waals surface area (Å²) in [5.41, 5.74) is 2.17. The van der Waals surface area contributed by atoms with Crippen molar-refractivity contribution in [1.82, 2.24) is 14.3 Å². The number of nitrogens with zero attached hydrogens (tertiary/aromatic N) is 3. The lowest BCUT2D eigenvalue weighted by molar-refractivity contribution is 0.0576. The summed E-state index contributed by atoms with van der Waals surface area (Å²) in [6.07, 6.45) is 4.05. The molecule has 1 atom stereocenters. The number of hydrogen-bond acceptors (Lipinski definition) is 4. The highest BCUT2D eigenvalue weighted by molar-refractivity contribution is 5.41. The molecule has 0 radical (unpaired) electrons. The highest BCUT2D eigenvalue weighted by Gasteiger charge is 2.23. The van der Waals surface area contributed by atoms with Crippen LogP contribution < -0.4 is 9.47 Å². The Balaban J connectivity index is 1.45. The molecule has 1 unspecified atom stereocenters. The molecule has 124 valence electrons. The van der Waals surface area contributed by atoms with Gasteiger partial charge in [0.15, 0.2) is 11.5 Å². The van der Waals surface area contributed by atoms with Gasteiger partial charge in [-0.3, -0.25) is 4.90 Å². The molecule has 3 heterocycles. The quantitative estimate of drug-likeness (QED) is 0.723. The minimum absolute atomic E-state index is 0.0408. The van der Waals surface area contributed by atoms with Gasteiger partial charge in [0.05, 0.1) is 11.9 Å². The van der Waals surface area contributed by atoms with Gasteiger partial charge in [-0.1, -0.05) is 25.1 Å². The number of para-hydroxylation sites is 2. The first-order valence-electron chi connectivity index (χ1n) is 8.35. The Kier molecular flexibility index (Phi) is 4.09. The van der Waals surface area contributed by atoms with Crippen LogP contribution in [-0.2, 0) is 6.54 Å². The van der Waals surface area contributed by atoms with Gasteiger partial charge < -0.3 is 13.9 Å². The normalized spacial score (nSPS) is 16.7. The Labute approximate surface area is 141 Å². The molecule has 1 aliphatic rings. The molecule has 4 rings (SSSR count). The summed E-state index contributed by atoms with van der Waals surface area (Å²) in [7, 11) is 0. The van der Waals surface area contributed by atoms with Crippen molar-refractivity contribution in [3.8, 4) is 11.5 Å². The molecule has 0 fully saturated rings. The predicted molar refractivity (Wildman–Crippen MR) is 92.5 cm³/mol. The van der Waals surface area contributed by atoms with E-state index in [1.165, 1.54) is 5.69 Å². The second-order valence-corrected chi connectivity index (χ2v) is 6.00. The van der Waals surface area contributed by atoms with Crippen molar-refractivity contribution in [2.75, 3.05) is 19.7 Å². The average Bonchev–Trinajstić information content (AvgIpc) is 3.04. The van der Waals surface area contributed by atoms with Crippen LogP contribution in [0.3, 0.4) is 0 Å². The Morgan fingerprint density at radius 1 is 1.17 bits per heavy atom. The van der Waals surface area contributed by atoms with E-state index in [2.05, 4.69) is 27.4 Å². The zero-order valence-electron chi connectivity index (χ0n) is 13.8. The lowest BCUT2D eigenvalue weighted by Crippen LogP contribution is -2.40. The monoisotopic (exact) mass is 323 g/mol. The number of hydrogen-bond donors (Lipinski definition) is 0. The van der Waals surface area contributed by atoms with Crippen LogP contribution in [0.15, 0.2) is 54.9 Å². The molecule has 0 saturated carbocycles. The molecule has 1 aliphatic heterocycles. The Morgan fingerprint density at radius 2 is 2.00 bits per heavy atom. The van der Waals surface area contributed by atoms with E-state index < -0.39 is 0 Å². The van der Waals surface area contributed by atoms with E-state index in [-0.39, 0.29) is 6.10 Å². The van der Waals surface area contributed by atoms with Gasteiger partial charge in [0.2, 0.25) is 0 Å². The average molecular weight is 323 g/mol. The summed E-state index contributed by atoms with van der Waals surface area (Å²) in [6.45, 7) is 5.36. The van der Waals surface area contributed by atoms with Gasteiger partial charge in [-0.25, -0.2) is 4.98 Å². The molecule has 1 aromatic carbocycles. The minimum atomic E-state index is 0.0408. The van der Waals surface area contributed by atoms with Crippen molar-refractivity contribution in [3.05, 3.63) is 60.6 Å². The molecule has 0 saturated heterocycles. The summed E-state index contributed by atoms with van der Waals surface area (Å²) in [4.78, 5) is 6.82. The molecule has 0 amide bonds. The van der Waals surface area contributed by atoms with Gasteiger partial charge in [0.25, 0.3) is 0 Å². The molecule has 2 aromatic heterocycles. The van der Waals surface area contributed by atoms with E-state index in [1.54, 1.807) is 0 Å². The summed E-state index contributed by atoms with van der Waals surface area (Å²) < 4.78 is 14.0. The maximum atomic E-state index is 6.08. The fourth-order valence-corrected chi connectivity index (χ4v) is 3.08. The van der Waals surface area contributed by atoms with Gasteiger partial charge in [-0.15, -0.1) is 0 Å². The second kappa shape index (κ2) is 6.53. The highest BCUT2D eigenvalue weighted by atomic mass is 16.6. The smallest absolute Gasteiger partial charge is 0.161 e. The number of imidazole rings is 1. The van der Waals surface area contributed by atoms with Crippen molar-refractivity contribution < 1.29 is 9.47 Å². The number of aromatic nitrogens is 2. The van der Waals surface area contributed by atoms with Gasteiger partial charge in [0, 0.05) is 19.3 Å². The molecular weight excluding hydrogens is 302 g/mol. The fourth-order valence-electron chi connectivity index (χ4n) is 3.08. The molecule has 0 bridgehead atoms. The predicted octanol–water partition coefficient (Wildman–Crippen LogP) is 3.00. The van der Waals surface area contributed by atoms with Crippen molar-refractivity contribution in [2.24, 2.45) is 0 Å². The summed E-state index contributed by atoms with van der Waals surface area (Å²) in [5, 5.41) is 0. The Hall–Kier alpha value is -2.53. The van der Waals surface area contributed by atoms with Gasteiger partial charge >= 0.3 is 0 Å². The number of fused-ring (bicyclic) bond motifs is 2. The minimum Gasteiger partial charge on any atom is -0.486 e. The highest BCUT2D eigenvalue weighted by Crippen LogP contribution is 2.31. The van der Waals surface area contributed by atoms with Crippen LogP contribution in [0, 0.1) is 0 Å². The lowest BCUT2D eigenvalue weighted by Gasteiger charge is -2.30. The topological polar surface area (TPSA) is 39.0 Å². The number of rotatable bonds is 5. The van der Waals surface area contributed by atoms with Crippen molar-refractivity contribution in [3.63, 3.8) is 0 Å². The first-order valence-corrected chi connectivity index (χ1v) is 8.35. The molecule has 0 spiro atoms. The summed E-state index contributed by atoms with van der Waals surface area (Å²) in [5.74, 6) is 1.66. The van der Waals surface area contributed by atoms with Crippen LogP contribution in [0.4, 0.5) is 0 Å². The standard InChI is InChI=1S/C19H21N3O2/c1-2-21(12-15-11-20-19-9-5-6-10-22(15)19)13-16-14-23-17-7-3-4-8-18(17)24-16/h3-11,16H,2,12-14H2,1H3. The van der Waals surface area contributed by atoms with Crippen LogP contribution in [-0.4, -0.2) is 40.1 Å². The van der Waals surface area contributed by atoms with Crippen LogP contribution >= 0.6 is 0 Å². The van der Waals surface area contributed by atoms with Crippen molar-refractivity contribution in [1.29, 1.82) is 0 Å². The van der Waals surface area contributed by atoms with Crippen molar-refractivity contribution in [2.45, 2.75) is 19.6 Å². The van der Waals surface area contributed by atoms with Crippen LogP contribution in [0.5, 0.6) is 11.5 Å². The van der Waals surface area contributed by atoms with Gasteiger partial charge in [-0.2, -0.15) is 0 Å². The third kappa shape index (κ3) is 2.95. The van der Waals surface area contributed by atoms with E-state index in [1.807, 2.05) is 48.7 Å². The van der Waals surface area contributed by atoms with Crippen molar-refractivity contribution >= 4 is 5.65 Å².